The number of benzene rings is 2. The lowest BCUT2D eigenvalue weighted by Crippen LogP contribution is -2.15. The lowest BCUT2D eigenvalue weighted by molar-refractivity contribution is 0.0600. The zero-order valence-corrected chi connectivity index (χ0v) is 16.2. The third kappa shape index (κ3) is 4.53. The van der Waals surface area contributed by atoms with Crippen molar-refractivity contribution in [1.82, 2.24) is 4.98 Å². The highest BCUT2D eigenvalue weighted by Crippen LogP contribution is 2.21. The number of methoxy groups -OCH3 is 1. The molecule has 0 bridgehead atoms. The average molecular weight is 417 g/mol. The third-order valence-corrected chi connectivity index (χ3v) is 5.76. The highest BCUT2D eigenvalue weighted by molar-refractivity contribution is 7.93. The summed E-state index contributed by atoms with van der Waals surface area (Å²) in [6.07, 6.45) is 1.49. The Morgan fingerprint density at radius 3 is 2.54 bits per heavy atom. The van der Waals surface area contributed by atoms with Crippen molar-refractivity contribution in [2.45, 2.75) is 4.90 Å². The van der Waals surface area contributed by atoms with E-state index in [0.717, 1.165) is 11.3 Å². The van der Waals surface area contributed by atoms with Crippen LogP contribution in [0.1, 0.15) is 20.7 Å². The van der Waals surface area contributed by atoms with Gasteiger partial charge in [-0.1, -0.05) is 12.1 Å². The maximum Gasteiger partial charge on any atom is 0.337 e. The molecule has 0 unspecified atom stereocenters. The summed E-state index contributed by atoms with van der Waals surface area (Å²) in [5, 5.41) is 4.51. The summed E-state index contributed by atoms with van der Waals surface area (Å²) >= 11 is 1.15. The van der Waals surface area contributed by atoms with Crippen molar-refractivity contribution in [3.05, 3.63) is 71.2 Å². The third-order valence-electron chi connectivity index (χ3n) is 3.60. The van der Waals surface area contributed by atoms with E-state index in [1.165, 1.54) is 49.7 Å². The maximum atomic E-state index is 12.5. The minimum Gasteiger partial charge on any atom is -0.465 e. The first kappa shape index (κ1) is 19.5. The standard InChI is InChI=1S/C18H15N3O5S2/c1-26-17(23)13-5-2-4-12(10-13)16(22)20-14-6-3-7-15(11-14)28(24,25)21-18-19-8-9-27-18/h2-11H,1H3,(H,19,21)(H,20,22). The van der Waals surface area contributed by atoms with Crippen LogP contribution < -0.4 is 10.0 Å². The number of hydrogen-bond donors (Lipinski definition) is 2. The monoisotopic (exact) mass is 417 g/mol. The predicted octanol–water partition coefficient (Wildman–Crippen LogP) is 2.98. The van der Waals surface area contributed by atoms with E-state index < -0.39 is 21.9 Å². The number of nitrogens with one attached hydrogen (secondary N) is 2. The number of ether oxygens (including phenoxy) is 1. The van der Waals surface area contributed by atoms with Crippen molar-refractivity contribution < 1.29 is 22.7 Å². The molecule has 8 nitrogen and oxygen atoms in total. The van der Waals surface area contributed by atoms with Gasteiger partial charge in [0.05, 0.1) is 17.6 Å². The first-order chi connectivity index (χ1) is 13.4. The number of rotatable bonds is 6. The summed E-state index contributed by atoms with van der Waals surface area (Å²) in [6, 6.07) is 11.8. The molecule has 1 amide bonds. The van der Waals surface area contributed by atoms with Crippen LogP contribution in [0, 0.1) is 0 Å². The van der Waals surface area contributed by atoms with E-state index >= 15 is 0 Å². The maximum absolute atomic E-state index is 12.5. The predicted molar refractivity (Wildman–Crippen MR) is 105 cm³/mol. The first-order valence-corrected chi connectivity index (χ1v) is 10.3. The number of nitrogens with zero attached hydrogens (tertiary/aromatic N) is 1. The summed E-state index contributed by atoms with van der Waals surface area (Å²) in [4.78, 5) is 27.9. The van der Waals surface area contributed by atoms with Crippen LogP contribution in [0.3, 0.4) is 0 Å². The Hall–Kier alpha value is -3.24. The van der Waals surface area contributed by atoms with Gasteiger partial charge in [0.25, 0.3) is 15.9 Å². The number of carbonyl (C=O) groups is 2. The smallest absolute Gasteiger partial charge is 0.337 e. The number of thiazole rings is 1. The molecule has 1 heterocycles. The Morgan fingerprint density at radius 1 is 1.07 bits per heavy atom. The Bertz CT molecular complexity index is 1110. The molecule has 2 aromatic carbocycles. The van der Waals surface area contributed by atoms with Crippen LogP contribution in [-0.4, -0.2) is 32.4 Å². The van der Waals surface area contributed by atoms with E-state index in [2.05, 4.69) is 19.8 Å². The lowest BCUT2D eigenvalue weighted by Gasteiger charge is -2.09. The Kier molecular flexibility index (Phi) is 5.71. The molecule has 0 radical (unpaired) electrons. The molecule has 0 fully saturated rings. The fraction of sp³-hybridized carbons (Fsp3) is 0.0556. The molecule has 0 spiro atoms. The van der Waals surface area contributed by atoms with Crippen LogP contribution in [0.2, 0.25) is 0 Å². The second-order valence-electron chi connectivity index (χ2n) is 5.50. The van der Waals surface area contributed by atoms with E-state index in [4.69, 9.17) is 0 Å². The van der Waals surface area contributed by atoms with E-state index in [1.54, 1.807) is 17.5 Å². The number of hydrogen-bond acceptors (Lipinski definition) is 7. The second kappa shape index (κ2) is 8.19. The van der Waals surface area contributed by atoms with Crippen molar-refractivity contribution in [1.29, 1.82) is 0 Å². The van der Waals surface area contributed by atoms with Crippen molar-refractivity contribution in [3.8, 4) is 0 Å². The molecule has 144 valence electrons. The van der Waals surface area contributed by atoms with Gasteiger partial charge in [-0.05, 0) is 36.4 Å². The zero-order valence-electron chi connectivity index (χ0n) is 14.6. The van der Waals surface area contributed by atoms with Gasteiger partial charge in [-0.15, -0.1) is 11.3 Å². The van der Waals surface area contributed by atoms with Crippen LogP contribution in [0.15, 0.2) is 65.0 Å². The van der Waals surface area contributed by atoms with Crippen LogP contribution in [0.5, 0.6) is 0 Å². The minimum atomic E-state index is -3.84. The fourth-order valence-electron chi connectivity index (χ4n) is 2.30. The van der Waals surface area contributed by atoms with Gasteiger partial charge in [0.15, 0.2) is 5.13 Å². The van der Waals surface area contributed by atoms with Gasteiger partial charge in [0.1, 0.15) is 0 Å². The van der Waals surface area contributed by atoms with Crippen LogP contribution in [-0.2, 0) is 14.8 Å². The average Bonchev–Trinajstić information content (AvgIpc) is 3.20. The Labute approximate surface area is 165 Å². The molecule has 28 heavy (non-hydrogen) atoms. The number of aromatic nitrogens is 1. The summed E-state index contributed by atoms with van der Waals surface area (Å²) in [6.45, 7) is 0. The van der Waals surface area contributed by atoms with Gasteiger partial charge in [0.2, 0.25) is 0 Å². The summed E-state index contributed by atoms with van der Waals surface area (Å²) in [7, 11) is -2.59. The molecule has 3 rings (SSSR count). The number of sulfonamides is 1. The molecule has 0 saturated heterocycles. The molecule has 10 heteroatoms. The molecule has 0 saturated carbocycles. The van der Waals surface area contributed by atoms with Crippen LogP contribution >= 0.6 is 11.3 Å². The number of esters is 1. The van der Waals surface area contributed by atoms with Gasteiger partial charge in [-0.2, -0.15) is 0 Å². The second-order valence-corrected chi connectivity index (χ2v) is 8.07. The number of anilines is 2. The van der Waals surface area contributed by atoms with E-state index in [9.17, 15) is 18.0 Å². The van der Waals surface area contributed by atoms with Gasteiger partial charge >= 0.3 is 5.97 Å². The quantitative estimate of drug-likeness (QED) is 0.596. The molecule has 0 aliphatic carbocycles. The summed E-state index contributed by atoms with van der Waals surface area (Å²) < 4.78 is 31.9. The summed E-state index contributed by atoms with van der Waals surface area (Å²) in [5.74, 6) is -1.05. The number of amides is 1. The van der Waals surface area contributed by atoms with E-state index in [0.29, 0.717) is 0 Å². The van der Waals surface area contributed by atoms with E-state index in [-0.39, 0.29) is 26.8 Å². The minimum absolute atomic E-state index is 0.0242. The Morgan fingerprint density at radius 2 is 1.82 bits per heavy atom. The van der Waals surface area contributed by atoms with Gasteiger partial charge in [-0.25, -0.2) is 18.2 Å². The van der Waals surface area contributed by atoms with Crippen molar-refractivity contribution >= 4 is 44.1 Å². The highest BCUT2D eigenvalue weighted by Gasteiger charge is 2.17. The van der Waals surface area contributed by atoms with Gasteiger partial charge in [-0.3, -0.25) is 9.52 Å². The molecule has 2 N–H and O–H groups in total. The molecular formula is C18H15N3O5S2. The van der Waals surface area contributed by atoms with E-state index in [1.807, 2.05) is 0 Å². The Balaban J connectivity index is 1.79. The molecule has 0 aliphatic rings. The van der Waals surface area contributed by atoms with Crippen LogP contribution in [0.4, 0.5) is 10.8 Å². The normalized spacial score (nSPS) is 10.9. The molecular weight excluding hydrogens is 402 g/mol. The molecule has 0 aliphatic heterocycles. The fourth-order valence-corrected chi connectivity index (χ4v) is 4.13. The van der Waals surface area contributed by atoms with Crippen molar-refractivity contribution in [3.63, 3.8) is 0 Å². The number of carbonyl (C=O) groups excluding carboxylic acids is 2. The molecule has 0 atom stereocenters. The largest absolute Gasteiger partial charge is 0.465 e. The topological polar surface area (TPSA) is 114 Å². The SMILES string of the molecule is COC(=O)c1cccc(C(=O)Nc2cccc(S(=O)(=O)Nc3nccs3)c2)c1. The van der Waals surface area contributed by atoms with Crippen molar-refractivity contribution in [2.75, 3.05) is 17.1 Å². The van der Waals surface area contributed by atoms with Crippen LogP contribution in [0.25, 0.3) is 0 Å². The first-order valence-electron chi connectivity index (χ1n) is 7.91. The van der Waals surface area contributed by atoms with Gasteiger partial charge < -0.3 is 10.1 Å². The lowest BCUT2D eigenvalue weighted by atomic mass is 10.1. The molecule has 1 aromatic heterocycles. The van der Waals surface area contributed by atoms with Crippen molar-refractivity contribution in [2.24, 2.45) is 0 Å². The summed E-state index contributed by atoms with van der Waals surface area (Å²) in [5.41, 5.74) is 0.756. The van der Waals surface area contributed by atoms with Gasteiger partial charge in [0, 0.05) is 22.8 Å². The highest BCUT2D eigenvalue weighted by atomic mass is 32.2. The zero-order chi connectivity index (χ0) is 20.1. The molecule has 3 aromatic rings.